The van der Waals surface area contributed by atoms with Gasteiger partial charge in [0.1, 0.15) is 0 Å². The van der Waals surface area contributed by atoms with E-state index in [9.17, 15) is 13.2 Å². The van der Waals surface area contributed by atoms with Gasteiger partial charge in [-0.05, 0) is 43.7 Å². The van der Waals surface area contributed by atoms with Crippen molar-refractivity contribution in [3.8, 4) is 0 Å². The summed E-state index contributed by atoms with van der Waals surface area (Å²) in [6, 6.07) is 7.72. The zero-order valence-electron chi connectivity index (χ0n) is 16.8. The molecule has 0 bridgehead atoms. The van der Waals surface area contributed by atoms with Gasteiger partial charge in [-0.15, -0.1) is 0 Å². The Morgan fingerprint density at radius 2 is 1.74 bits per heavy atom. The fraction of sp³-hybridized carbons (Fsp3) is 0.632. The standard InChI is InChI=1S/C19H32N4O3S/c1-16(2)9-10-23(27(4,25)26)15-19(24)20-17-5-7-18(8-6-17)22-13-11-21(3)12-14-22/h5-8,16H,9-15H2,1-4H3,(H,20,24). The first-order valence-electron chi connectivity index (χ1n) is 9.43. The Labute approximate surface area is 163 Å². The normalized spacial score (nSPS) is 16.1. The second-order valence-corrected chi connectivity index (χ2v) is 9.65. The predicted molar refractivity (Wildman–Crippen MR) is 111 cm³/mol. The minimum Gasteiger partial charge on any atom is -0.369 e. The Balaban J connectivity index is 1.92. The van der Waals surface area contributed by atoms with Crippen molar-refractivity contribution in [3.63, 3.8) is 0 Å². The van der Waals surface area contributed by atoms with Gasteiger partial charge in [0.15, 0.2) is 0 Å². The van der Waals surface area contributed by atoms with Gasteiger partial charge in [0.25, 0.3) is 0 Å². The highest BCUT2D eigenvalue weighted by atomic mass is 32.2. The van der Waals surface area contributed by atoms with Crippen LogP contribution in [0.3, 0.4) is 0 Å². The minimum absolute atomic E-state index is 0.161. The summed E-state index contributed by atoms with van der Waals surface area (Å²) in [5.41, 5.74) is 1.81. The summed E-state index contributed by atoms with van der Waals surface area (Å²) in [4.78, 5) is 16.9. The van der Waals surface area contributed by atoms with E-state index < -0.39 is 10.0 Å². The third kappa shape index (κ3) is 7.12. The van der Waals surface area contributed by atoms with E-state index in [4.69, 9.17) is 0 Å². The monoisotopic (exact) mass is 396 g/mol. The van der Waals surface area contributed by atoms with Crippen molar-refractivity contribution in [2.75, 3.05) is 62.8 Å². The Kier molecular flexibility index (Phi) is 7.64. The van der Waals surface area contributed by atoms with E-state index in [1.807, 2.05) is 38.1 Å². The van der Waals surface area contributed by atoms with E-state index in [-0.39, 0.29) is 12.5 Å². The number of hydrogen-bond acceptors (Lipinski definition) is 5. The Hall–Kier alpha value is -1.64. The van der Waals surface area contributed by atoms with Crippen LogP contribution in [0.15, 0.2) is 24.3 Å². The molecule has 1 aliphatic heterocycles. The van der Waals surface area contributed by atoms with E-state index in [1.54, 1.807) is 0 Å². The summed E-state index contributed by atoms with van der Waals surface area (Å²) in [7, 11) is -1.29. The van der Waals surface area contributed by atoms with Crippen LogP contribution in [0.25, 0.3) is 0 Å². The molecule has 7 nitrogen and oxygen atoms in total. The Bertz CT molecular complexity index is 711. The van der Waals surface area contributed by atoms with Crippen LogP contribution in [0.4, 0.5) is 11.4 Å². The molecule has 1 aromatic carbocycles. The van der Waals surface area contributed by atoms with E-state index in [2.05, 4.69) is 22.2 Å². The molecule has 0 aliphatic carbocycles. The third-order valence-electron chi connectivity index (χ3n) is 4.76. The molecule has 0 atom stereocenters. The molecule has 1 N–H and O–H groups in total. The van der Waals surface area contributed by atoms with Crippen molar-refractivity contribution in [3.05, 3.63) is 24.3 Å². The van der Waals surface area contributed by atoms with E-state index in [1.165, 1.54) is 4.31 Å². The molecule has 152 valence electrons. The molecule has 1 aromatic rings. The number of hydrogen-bond donors (Lipinski definition) is 1. The second kappa shape index (κ2) is 9.52. The lowest BCUT2D eigenvalue weighted by molar-refractivity contribution is -0.116. The van der Waals surface area contributed by atoms with Crippen LogP contribution in [0, 0.1) is 5.92 Å². The number of piperazine rings is 1. The fourth-order valence-corrected chi connectivity index (χ4v) is 3.73. The highest BCUT2D eigenvalue weighted by Crippen LogP contribution is 2.19. The van der Waals surface area contributed by atoms with Crippen LogP contribution < -0.4 is 10.2 Å². The van der Waals surface area contributed by atoms with Gasteiger partial charge in [0, 0.05) is 44.1 Å². The summed E-state index contributed by atoms with van der Waals surface area (Å²) >= 11 is 0. The van der Waals surface area contributed by atoms with Crippen LogP contribution in [-0.2, 0) is 14.8 Å². The van der Waals surface area contributed by atoms with Gasteiger partial charge in [-0.2, -0.15) is 4.31 Å². The first-order chi connectivity index (χ1) is 12.6. The first kappa shape index (κ1) is 21.7. The van der Waals surface area contributed by atoms with Crippen molar-refractivity contribution < 1.29 is 13.2 Å². The van der Waals surface area contributed by atoms with Gasteiger partial charge in [-0.25, -0.2) is 8.42 Å². The lowest BCUT2D eigenvalue weighted by atomic mass is 10.1. The number of rotatable bonds is 8. The molecule has 1 saturated heterocycles. The number of sulfonamides is 1. The van der Waals surface area contributed by atoms with Crippen LogP contribution >= 0.6 is 0 Å². The van der Waals surface area contributed by atoms with E-state index in [0.717, 1.165) is 44.5 Å². The molecular weight excluding hydrogens is 364 g/mol. The molecule has 1 aliphatic rings. The highest BCUT2D eigenvalue weighted by molar-refractivity contribution is 7.88. The number of carbonyl (C=O) groups excluding carboxylic acids is 1. The molecule has 8 heteroatoms. The SMILES string of the molecule is CC(C)CCN(CC(=O)Nc1ccc(N2CCN(C)CC2)cc1)S(C)(=O)=O. The molecule has 1 amide bonds. The lowest BCUT2D eigenvalue weighted by Crippen LogP contribution is -2.44. The molecule has 27 heavy (non-hydrogen) atoms. The van der Waals surface area contributed by atoms with Gasteiger partial charge < -0.3 is 15.1 Å². The summed E-state index contributed by atoms with van der Waals surface area (Å²) in [6.45, 7) is 8.30. The number of carbonyl (C=O) groups is 1. The van der Waals surface area contributed by atoms with Gasteiger partial charge in [-0.1, -0.05) is 13.8 Å². The summed E-state index contributed by atoms with van der Waals surface area (Å²) in [5.74, 6) is 0.0518. The molecule has 0 saturated carbocycles. The average molecular weight is 397 g/mol. The smallest absolute Gasteiger partial charge is 0.239 e. The van der Waals surface area contributed by atoms with Gasteiger partial charge >= 0.3 is 0 Å². The molecule has 1 heterocycles. The maximum atomic E-state index is 12.3. The Morgan fingerprint density at radius 1 is 1.15 bits per heavy atom. The van der Waals surface area contributed by atoms with Gasteiger partial charge in [-0.3, -0.25) is 4.79 Å². The molecule has 2 rings (SSSR count). The molecule has 0 spiro atoms. The zero-order chi connectivity index (χ0) is 20.0. The summed E-state index contributed by atoms with van der Waals surface area (Å²) < 4.78 is 25.1. The minimum atomic E-state index is -3.41. The van der Waals surface area contributed by atoms with Gasteiger partial charge in [0.05, 0.1) is 12.8 Å². The highest BCUT2D eigenvalue weighted by Gasteiger charge is 2.20. The largest absolute Gasteiger partial charge is 0.369 e. The van der Waals surface area contributed by atoms with Crippen LogP contribution in [-0.4, -0.2) is 76.1 Å². The molecule has 0 unspecified atom stereocenters. The van der Waals surface area contributed by atoms with Crippen molar-refractivity contribution >= 4 is 27.3 Å². The van der Waals surface area contributed by atoms with Crippen molar-refractivity contribution in [2.24, 2.45) is 5.92 Å². The van der Waals surface area contributed by atoms with Crippen LogP contribution in [0.2, 0.25) is 0 Å². The number of anilines is 2. The van der Waals surface area contributed by atoms with E-state index in [0.29, 0.717) is 18.2 Å². The van der Waals surface area contributed by atoms with Gasteiger partial charge in [0.2, 0.25) is 15.9 Å². The number of likely N-dealkylation sites (N-methyl/N-ethyl adjacent to an activating group) is 1. The van der Waals surface area contributed by atoms with Crippen LogP contribution in [0.5, 0.6) is 0 Å². The lowest BCUT2D eigenvalue weighted by Gasteiger charge is -2.34. The van der Waals surface area contributed by atoms with Crippen LogP contribution in [0.1, 0.15) is 20.3 Å². The molecule has 1 fully saturated rings. The Morgan fingerprint density at radius 3 is 2.26 bits per heavy atom. The van der Waals surface area contributed by atoms with Crippen molar-refractivity contribution in [2.45, 2.75) is 20.3 Å². The summed E-state index contributed by atoms with van der Waals surface area (Å²) in [5, 5.41) is 2.80. The quantitative estimate of drug-likeness (QED) is 0.724. The maximum absolute atomic E-state index is 12.3. The predicted octanol–water partition coefficient (Wildman–Crippen LogP) is 1.68. The molecular formula is C19H32N4O3S. The number of amides is 1. The number of nitrogens with zero attached hydrogens (tertiary/aromatic N) is 3. The first-order valence-corrected chi connectivity index (χ1v) is 11.3. The fourth-order valence-electron chi connectivity index (χ4n) is 2.95. The second-order valence-electron chi connectivity index (χ2n) is 7.66. The van der Waals surface area contributed by atoms with Crippen molar-refractivity contribution in [1.29, 1.82) is 0 Å². The third-order valence-corrected chi connectivity index (χ3v) is 6.01. The van der Waals surface area contributed by atoms with Crippen molar-refractivity contribution in [1.82, 2.24) is 9.21 Å². The number of benzene rings is 1. The number of nitrogens with one attached hydrogen (secondary N) is 1. The summed E-state index contributed by atoms with van der Waals surface area (Å²) in [6.07, 6.45) is 1.87. The van der Waals surface area contributed by atoms with E-state index >= 15 is 0 Å². The maximum Gasteiger partial charge on any atom is 0.239 e. The topological polar surface area (TPSA) is 73.0 Å². The average Bonchev–Trinajstić information content (AvgIpc) is 2.59. The molecule has 0 aromatic heterocycles. The molecule has 0 radical (unpaired) electrons. The zero-order valence-corrected chi connectivity index (χ0v) is 17.6.